The summed E-state index contributed by atoms with van der Waals surface area (Å²) in [7, 11) is 0. The van der Waals surface area contributed by atoms with E-state index in [1.165, 1.54) is 17.2 Å². The molecule has 0 aliphatic carbocycles. The summed E-state index contributed by atoms with van der Waals surface area (Å²) in [6, 6.07) is -1.32. The highest BCUT2D eigenvalue weighted by Crippen LogP contribution is 2.06. The molecular weight excluding hydrogens is 197 g/mol. The van der Waals surface area contributed by atoms with Gasteiger partial charge in [-0.05, 0) is 18.6 Å². The molecule has 0 fully saturated rings. The standard InChI is InChI=1S/C7H12FNO3S/c8-6(10)5-13-4-2-1-3-7(11)9-12/h12H,1-5H2,(H,9,11). The maximum atomic E-state index is 11.6. The van der Waals surface area contributed by atoms with Crippen molar-refractivity contribution in [3.05, 3.63) is 0 Å². The summed E-state index contributed by atoms with van der Waals surface area (Å²) in [5.74, 6) is 0.104. The summed E-state index contributed by atoms with van der Waals surface area (Å²) in [5.41, 5.74) is 1.51. The predicted molar refractivity (Wildman–Crippen MR) is 47.2 cm³/mol. The lowest BCUT2D eigenvalue weighted by atomic mass is 10.2. The summed E-state index contributed by atoms with van der Waals surface area (Å²) >= 11 is 1.20. The van der Waals surface area contributed by atoms with Crippen molar-refractivity contribution in [1.29, 1.82) is 0 Å². The first-order valence-corrected chi connectivity index (χ1v) is 5.01. The Balaban J connectivity index is 3.08. The first-order chi connectivity index (χ1) is 6.16. The number of rotatable bonds is 7. The van der Waals surface area contributed by atoms with Gasteiger partial charge in [0.25, 0.3) is 0 Å². The second-order valence-corrected chi connectivity index (χ2v) is 3.50. The van der Waals surface area contributed by atoms with Crippen molar-refractivity contribution in [2.24, 2.45) is 0 Å². The van der Waals surface area contributed by atoms with Gasteiger partial charge in [0.05, 0.1) is 5.75 Å². The van der Waals surface area contributed by atoms with E-state index in [1.54, 1.807) is 0 Å². The lowest BCUT2D eigenvalue weighted by molar-refractivity contribution is -0.129. The number of thioether (sulfide) groups is 1. The van der Waals surface area contributed by atoms with Gasteiger partial charge >= 0.3 is 6.04 Å². The normalized spacial score (nSPS) is 9.69. The van der Waals surface area contributed by atoms with Gasteiger partial charge in [0, 0.05) is 6.42 Å². The number of carbonyl (C=O) groups excluding carboxylic acids is 2. The molecule has 4 nitrogen and oxygen atoms in total. The molecule has 0 radical (unpaired) electrons. The molecule has 0 bridgehead atoms. The highest BCUT2D eigenvalue weighted by atomic mass is 32.2. The molecule has 0 aliphatic rings. The van der Waals surface area contributed by atoms with Crippen molar-refractivity contribution in [1.82, 2.24) is 5.48 Å². The number of hydrogen-bond donors (Lipinski definition) is 2. The van der Waals surface area contributed by atoms with Gasteiger partial charge in [-0.2, -0.15) is 16.2 Å². The molecule has 0 saturated heterocycles. The molecule has 13 heavy (non-hydrogen) atoms. The Kier molecular flexibility index (Phi) is 7.62. The van der Waals surface area contributed by atoms with Gasteiger partial charge in [-0.15, -0.1) is 0 Å². The third-order valence-electron chi connectivity index (χ3n) is 1.28. The number of nitrogens with one attached hydrogen (secondary N) is 1. The number of hydrogen-bond acceptors (Lipinski definition) is 4. The fraction of sp³-hybridized carbons (Fsp3) is 0.714. The Hall–Kier alpha value is -0.620. The number of halogens is 1. The third kappa shape index (κ3) is 9.29. The van der Waals surface area contributed by atoms with Crippen LogP contribution in [0.1, 0.15) is 19.3 Å². The van der Waals surface area contributed by atoms with Crippen LogP contribution in [0.2, 0.25) is 0 Å². The number of carbonyl (C=O) groups is 2. The second kappa shape index (κ2) is 8.00. The van der Waals surface area contributed by atoms with Gasteiger partial charge in [-0.3, -0.25) is 14.8 Å². The largest absolute Gasteiger partial charge is 0.311 e. The molecule has 1 amide bonds. The highest BCUT2D eigenvalue weighted by molar-refractivity contribution is 7.99. The Morgan fingerprint density at radius 3 is 2.62 bits per heavy atom. The summed E-state index contributed by atoms with van der Waals surface area (Å²) < 4.78 is 11.6. The molecule has 76 valence electrons. The van der Waals surface area contributed by atoms with E-state index in [2.05, 4.69) is 0 Å². The SMILES string of the molecule is O=C(F)CSCCCCC(=O)NO. The number of unbranched alkanes of at least 4 members (excludes halogenated alkanes) is 1. The monoisotopic (exact) mass is 209 g/mol. The van der Waals surface area contributed by atoms with E-state index in [-0.39, 0.29) is 12.2 Å². The molecule has 0 atom stereocenters. The molecule has 0 aromatic heterocycles. The maximum absolute atomic E-state index is 11.6. The molecule has 0 rings (SSSR count). The molecule has 0 saturated carbocycles. The van der Waals surface area contributed by atoms with Crippen molar-refractivity contribution in [3.63, 3.8) is 0 Å². The topological polar surface area (TPSA) is 66.4 Å². The lowest BCUT2D eigenvalue weighted by Gasteiger charge is -1.98. The smallest absolute Gasteiger partial charge is 0.289 e. The predicted octanol–water partition coefficient (Wildman–Crippen LogP) is 0.891. The van der Waals surface area contributed by atoms with E-state index in [9.17, 15) is 14.0 Å². The zero-order valence-corrected chi connectivity index (χ0v) is 7.90. The zero-order chi connectivity index (χ0) is 10.1. The fourth-order valence-electron chi connectivity index (χ4n) is 0.698. The van der Waals surface area contributed by atoms with Crippen LogP contribution >= 0.6 is 11.8 Å². The van der Waals surface area contributed by atoms with Gasteiger partial charge in [0.2, 0.25) is 5.91 Å². The molecule has 0 aliphatic heterocycles. The van der Waals surface area contributed by atoms with Crippen LogP contribution in [0.15, 0.2) is 0 Å². The average molecular weight is 209 g/mol. The molecule has 6 heteroatoms. The second-order valence-electron chi connectivity index (χ2n) is 2.40. The maximum Gasteiger partial charge on any atom is 0.311 e. The summed E-state index contributed by atoms with van der Waals surface area (Å²) in [5, 5.41) is 8.11. The van der Waals surface area contributed by atoms with Crippen molar-refractivity contribution < 1.29 is 19.2 Å². The lowest BCUT2D eigenvalue weighted by Crippen LogP contribution is -2.17. The summed E-state index contributed by atoms with van der Waals surface area (Å²) in [6.45, 7) is 0. The van der Waals surface area contributed by atoms with E-state index < -0.39 is 11.9 Å². The van der Waals surface area contributed by atoms with Crippen molar-refractivity contribution in [3.8, 4) is 0 Å². The molecule has 0 unspecified atom stereocenters. The third-order valence-corrected chi connectivity index (χ3v) is 2.29. The summed E-state index contributed by atoms with van der Waals surface area (Å²) in [4.78, 5) is 20.3. The molecule has 0 aromatic rings. The van der Waals surface area contributed by atoms with E-state index in [0.29, 0.717) is 12.2 Å². The molecule has 0 aromatic carbocycles. The van der Waals surface area contributed by atoms with Crippen molar-refractivity contribution >= 4 is 23.7 Å². The minimum Gasteiger partial charge on any atom is -0.289 e. The van der Waals surface area contributed by atoms with Gasteiger partial charge in [-0.1, -0.05) is 0 Å². The van der Waals surface area contributed by atoms with Crippen LogP contribution in [-0.2, 0) is 9.59 Å². The molecular formula is C7H12FNO3S. The van der Waals surface area contributed by atoms with E-state index in [1.807, 2.05) is 0 Å². The van der Waals surface area contributed by atoms with Crippen LogP contribution in [0.25, 0.3) is 0 Å². The van der Waals surface area contributed by atoms with Crippen molar-refractivity contribution in [2.45, 2.75) is 19.3 Å². The van der Waals surface area contributed by atoms with Crippen molar-refractivity contribution in [2.75, 3.05) is 11.5 Å². The summed E-state index contributed by atoms with van der Waals surface area (Å²) in [6.07, 6.45) is 1.60. The molecule has 0 spiro atoms. The van der Waals surface area contributed by atoms with Crippen LogP contribution in [-0.4, -0.2) is 28.7 Å². The molecule has 0 heterocycles. The highest BCUT2D eigenvalue weighted by Gasteiger charge is 2.00. The Labute approximate surface area is 79.8 Å². The van der Waals surface area contributed by atoms with E-state index >= 15 is 0 Å². The quantitative estimate of drug-likeness (QED) is 0.283. The number of hydroxylamine groups is 1. The van der Waals surface area contributed by atoms with E-state index in [0.717, 1.165) is 6.42 Å². The first kappa shape index (κ1) is 12.4. The van der Waals surface area contributed by atoms with Crippen LogP contribution in [0.4, 0.5) is 4.39 Å². The zero-order valence-electron chi connectivity index (χ0n) is 7.09. The van der Waals surface area contributed by atoms with Gasteiger partial charge in [0.1, 0.15) is 0 Å². The minimum absolute atomic E-state index is 0.119. The Bertz CT molecular complexity index is 177. The van der Waals surface area contributed by atoms with Gasteiger partial charge in [-0.25, -0.2) is 5.48 Å². The van der Waals surface area contributed by atoms with Crippen LogP contribution in [0.5, 0.6) is 0 Å². The minimum atomic E-state index is -1.32. The fourth-order valence-corrected chi connectivity index (χ4v) is 1.41. The van der Waals surface area contributed by atoms with Gasteiger partial charge < -0.3 is 0 Å². The molecule has 2 N–H and O–H groups in total. The van der Waals surface area contributed by atoms with Gasteiger partial charge in [0.15, 0.2) is 0 Å². The van der Waals surface area contributed by atoms with E-state index in [4.69, 9.17) is 5.21 Å². The van der Waals surface area contributed by atoms with Crippen LogP contribution in [0.3, 0.4) is 0 Å². The Morgan fingerprint density at radius 1 is 1.38 bits per heavy atom. The first-order valence-electron chi connectivity index (χ1n) is 3.86. The van der Waals surface area contributed by atoms with Crippen LogP contribution < -0.4 is 5.48 Å². The number of amides is 1. The average Bonchev–Trinajstić information content (AvgIpc) is 2.10. The Morgan fingerprint density at radius 2 is 2.08 bits per heavy atom. The van der Waals surface area contributed by atoms with Crippen LogP contribution in [0, 0.1) is 0 Å².